The van der Waals surface area contributed by atoms with Gasteiger partial charge in [0.25, 0.3) is 0 Å². The molecule has 9 heteroatoms. The van der Waals surface area contributed by atoms with Gasteiger partial charge in [0.05, 0.1) is 30.6 Å². The smallest absolute Gasteiger partial charge is 0.352 e. The van der Waals surface area contributed by atoms with Gasteiger partial charge in [-0.15, -0.1) is 11.3 Å². The van der Waals surface area contributed by atoms with Crippen molar-refractivity contribution >= 4 is 22.9 Å². The topological polar surface area (TPSA) is 84.1 Å². The second-order valence-electron chi connectivity index (χ2n) is 9.30. The van der Waals surface area contributed by atoms with Gasteiger partial charge in [0.1, 0.15) is 11.6 Å². The number of anilines is 1. The number of aliphatic hydroxyl groups is 1. The van der Waals surface area contributed by atoms with Gasteiger partial charge in [-0.25, -0.2) is 9.18 Å². The summed E-state index contributed by atoms with van der Waals surface area (Å²) in [5.41, 5.74) is 1.15. The minimum Gasteiger partial charge on any atom is -0.386 e. The fourth-order valence-corrected chi connectivity index (χ4v) is 4.78. The molecule has 4 heterocycles. The lowest BCUT2D eigenvalue weighted by molar-refractivity contribution is 0.233. The van der Waals surface area contributed by atoms with Crippen molar-refractivity contribution in [3.05, 3.63) is 73.6 Å². The zero-order chi connectivity index (χ0) is 23.9. The number of hydrogen-bond acceptors (Lipinski definition) is 7. The molecule has 0 saturated heterocycles. The molecule has 0 aromatic carbocycles. The highest BCUT2D eigenvalue weighted by atomic mass is 32.1. The third-order valence-corrected chi connectivity index (χ3v) is 7.17. The van der Waals surface area contributed by atoms with Gasteiger partial charge in [0.15, 0.2) is 0 Å². The van der Waals surface area contributed by atoms with E-state index in [0.717, 1.165) is 4.88 Å². The first-order valence-electron chi connectivity index (χ1n) is 10.8. The Bertz CT molecular complexity index is 1270. The van der Waals surface area contributed by atoms with Gasteiger partial charge >= 0.3 is 5.69 Å². The van der Waals surface area contributed by atoms with E-state index in [1.165, 1.54) is 10.9 Å². The quantitative estimate of drug-likeness (QED) is 0.630. The molecule has 1 atom stereocenters. The maximum atomic E-state index is 13.5. The van der Waals surface area contributed by atoms with Crippen molar-refractivity contribution in [3.8, 4) is 0 Å². The highest BCUT2D eigenvalue weighted by Crippen LogP contribution is 2.30. The van der Waals surface area contributed by atoms with Crippen LogP contribution in [0.1, 0.15) is 47.7 Å². The summed E-state index contributed by atoms with van der Waals surface area (Å²) < 4.78 is 15.1. The molecule has 0 spiro atoms. The number of aromatic nitrogens is 4. The fraction of sp³-hybridized carbons (Fsp3) is 0.417. The van der Waals surface area contributed by atoms with E-state index in [9.17, 15) is 14.3 Å². The van der Waals surface area contributed by atoms with Gasteiger partial charge in [0, 0.05) is 21.9 Å². The van der Waals surface area contributed by atoms with Gasteiger partial charge in [-0.3, -0.25) is 9.55 Å². The van der Waals surface area contributed by atoms with E-state index in [0.29, 0.717) is 30.2 Å². The monoisotopic (exact) mass is 469 g/mol. The zero-order valence-corrected chi connectivity index (χ0v) is 20.3. The Morgan fingerprint density at radius 2 is 1.91 bits per heavy atom. The fourth-order valence-electron chi connectivity index (χ4n) is 3.73. The molecule has 0 aliphatic carbocycles. The lowest BCUT2D eigenvalue weighted by Gasteiger charge is -2.30. The Labute approximate surface area is 196 Å². The predicted molar refractivity (Wildman–Crippen MR) is 128 cm³/mol. The number of hydrogen-bond donors (Lipinski definition) is 1. The van der Waals surface area contributed by atoms with Crippen molar-refractivity contribution in [3.63, 3.8) is 0 Å². The molecule has 1 aliphatic heterocycles. The van der Waals surface area contributed by atoms with Crippen LogP contribution in [-0.2, 0) is 12.0 Å². The average molecular weight is 470 g/mol. The number of β-amino-alcohol motifs (C(OH)–C–C–N with tert-alkyl or cyclic N) is 1. The normalized spacial score (nSPS) is 16.8. The summed E-state index contributed by atoms with van der Waals surface area (Å²) in [6.45, 7) is 10.9. The molecule has 1 N–H and O–H groups in total. The number of halogens is 1. The van der Waals surface area contributed by atoms with Crippen LogP contribution in [0.25, 0.3) is 5.57 Å². The van der Waals surface area contributed by atoms with E-state index in [4.69, 9.17) is 0 Å². The Kier molecular flexibility index (Phi) is 6.20. The molecule has 0 unspecified atom stereocenters. The number of thiophene rings is 1. The molecule has 0 saturated carbocycles. The van der Waals surface area contributed by atoms with Crippen molar-refractivity contribution in [2.24, 2.45) is 0 Å². The lowest BCUT2D eigenvalue weighted by Crippen LogP contribution is -2.40. The highest BCUT2D eigenvalue weighted by Gasteiger charge is 2.25. The zero-order valence-electron chi connectivity index (χ0n) is 19.5. The van der Waals surface area contributed by atoms with Gasteiger partial charge < -0.3 is 10.0 Å². The van der Waals surface area contributed by atoms with E-state index in [2.05, 4.69) is 41.8 Å². The van der Waals surface area contributed by atoms with E-state index >= 15 is 0 Å². The first kappa shape index (κ1) is 23.3. The SMILES string of the molecule is Cc1nc(C2=CCN(c3nc(C)n(Cc4ccc(C(C)(C)C)s4)c(=O)n3)C[C@@H]2O)ccc1F. The van der Waals surface area contributed by atoms with Crippen LogP contribution in [0.2, 0.25) is 0 Å². The molecule has 33 heavy (non-hydrogen) atoms. The molecular weight excluding hydrogens is 441 g/mol. The summed E-state index contributed by atoms with van der Waals surface area (Å²) in [6, 6.07) is 7.06. The molecule has 3 aromatic heterocycles. The largest absolute Gasteiger partial charge is 0.386 e. The minimum absolute atomic E-state index is 0.0624. The van der Waals surface area contributed by atoms with Gasteiger partial charge in [-0.2, -0.15) is 9.97 Å². The van der Waals surface area contributed by atoms with Crippen LogP contribution in [0.15, 0.2) is 35.1 Å². The van der Waals surface area contributed by atoms with Gasteiger partial charge in [0.2, 0.25) is 5.95 Å². The summed E-state index contributed by atoms with van der Waals surface area (Å²) >= 11 is 1.69. The Balaban J connectivity index is 1.55. The molecule has 0 fully saturated rings. The third-order valence-electron chi connectivity index (χ3n) is 5.68. The number of aryl methyl sites for hydroxylation is 2. The lowest BCUT2D eigenvalue weighted by atomic mass is 9.95. The van der Waals surface area contributed by atoms with Crippen LogP contribution in [0, 0.1) is 19.7 Å². The average Bonchev–Trinajstić information content (AvgIpc) is 3.22. The maximum absolute atomic E-state index is 13.5. The van der Waals surface area contributed by atoms with E-state index in [-0.39, 0.29) is 35.1 Å². The Morgan fingerprint density at radius 1 is 1.15 bits per heavy atom. The van der Waals surface area contributed by atoms with Crippen LogP contribution in [0.3, 0.4) is 0 Å². The number of rotatable bonds is 4. The Hall–Kier alpha value is -2.91. The molecule has 0 radical (unpaired) electrons. The summed E-state index contributed by atoms with van der Waals surface area (Å²) in [5.74, 6) is 0.469. The maximum Gasteiger partial charge on any atom is 0.352 e. The first-order valence-corrected chi connectivity index (χ1v) is 11.7. The van der Waals surface area contributed by atoms with Gasteiger partial charge in [-0.1, -0.05) is 26.8 Å². The number of nitrogens with zero attached hydrogens (tertiary/aromatic N) is 5. The molecule has 4 rings (SSSR count). The number of aliphatic hydroxyl groups excluding tert-OH is 1. The third kappa shape index (κ3) is 4.89. The van der Waals surface area contributed by atoms with Crippen LogP contribution < -0.4 is 10.6 Å². The van der Waals surface area contributed by atoms with E-state index in [1.54, 1.807) is 40.7 Å². The highest BCUT2D eigenvalue weighted by molar-refractivity contribution is 7.12. The first-order chi connectivity index (χ1) is 15.5. The molecule has 0 amide bonds. The molecule has 174 valence electrons. The molecule has 1 aliphatic rings. The van der Waals surface area contributed by atoms with Crippen molar-refractivity contribution in [2.45, 2.75) is 52.7 Å². The molecular formula is C24H28FN5O2S. The molecule has 7 nitrogen and oxygen atoms in total. The summed E-state index contributed by atoms with van der Waals surface area (Å²) in [7, 11) is 0. The standard InChI is InChI=1S/C24H28FN5O2S/c1-14-18(25)7-8-19(26-14)17-10-11-29(13-20(17)31)22-27-15(2)30(23(32)28-22)12-16-6-9-21(33-16)24(3,4)5/h6-10,20,31H,11-13H2,1-5H3/t20-/m0/s1. The second kappa shape index (κ2) is 8.79. The van der Waals surface area contributed by atoms with Crippen LogP contribution >= 0.6 is 11.3 Å². The Morgan fingerprint density at radius 3 is 2.52 bits per heavy atom. The van der Waals surface area contributed by atoms with Crippen molar-refractivity contribution in [2.75, 3.05) is 18.0 Å². The predicted octanol–water partition coefficient (Wildman–Crippen LogP) is 3.46. The van der Waals surface area contributed by atoms with E-state index < -0.39 is 6.10 Å². The summed E-state index contributed by atoms with van der Waals surface area (Å²) in [6.07, 6.45) is 0.960. The van der Waals surface area contributed by atoms with Crippen LogP contribution in [0.4, 0.5) is 10.3 Å². The minimum atomic E-state index is -0.857. The van der Waals surface area contributed by atoms with Crippen molar-refractivity contribution < 1.29 is 9.50 Å². The van der Waals surface area contributed by atoms with Crippen LogP contribution in [0.5, 0.6) is 0 Å². The number of pyridine rings is 1. The van der Waals surface area contributed by atoms with E-state index in [1.807, 2.05) is 12.1 Å². The molecule has 0 bridgehead atoms. The summed E-state index contributed by atoms with van der Waals surface area (Å²) in [5, 5.41) is 10.7. The van der Waals surface area contributed by atoms with Crippen LogP contribution in [-0.4, -0.2) is 43.8 Å². The van der Waals surface area contributed by atoms with Crippen molar-refractivity contribution in [1.29, 1.82) is 0 Å². The second-order valence-corrected chi connectivity index (χ2v) is 10.5. The molecule has 3 aromatic rings. The van der Waals surface area contributed by atoms with Gasteiger partial charge in [-0.05, 0) is 43.5 Å². The van der Waals surface area contributed by atoms with Crippen molar-refractivity contribution in [1.82, 2.24) is 19.5 Å². The summed E-state index contributed by atoms with van der Waals surface area (Å²) in [4.78, 5) is 29.9.